The highest BCUT2D eigenvalue weighted by Crippen LogP contribution is 1.84. The summed E-state index contributed by atoms with van der Waals surface area (Å²) >= 11 is 0. The summed E-state index contributed by atoms with van der Waals surface area (Å²) in [6, 6.07) is 0. The normalized spacial score (nSPS) is 10.3. The lowest BCUT2D eigenvalue weighted by Crippen LogP contribution is -1.99. The summed E-state index contributed by atoms with van der Waals surface area (Å²) in [5.74, 6) is 0. The highest BCUT2D eigenvalue weighted by molar-refractivity contribution is 5.97. The minimum absolute atomic E-state index is 0.853. The lowest BCUT2D eigenvalue weighted by Gasteiger charge is -2.00. The van der Waals surface area contributed by atoms with E-state index in [-0.39, 0.29) is 0 Å². The molecule has 0 aromatic carbocycles. The van der Waals surface area contributed by atoms with Gasteiger partial charge in [-0.1, -0.05) is 6.92 Å². The summed E-state index contributed by atoms with van der Waals surface area (Å²) in [5, 5.41) is 0. The molecule has 9 heavy (non-hydrogen) atoms. The van der Waals surface area contributed by atoms with Gasteiger partial charge in [0, 0.05) is 19.8 Å². The SMILES string of the molecule is CCCOCCCO[SiH3]. The molecule has 0 bridgehead atoms. The molecule has 0 N–H and O–H groups in total. The Morgan fingerprint density at radius 3 is 2.56 bits per heavy atom. The van der Waals surface area contributed by atoms with Gasteiger partial charge in [0.15, 0.2) is 0 Å². The summed E-state index contributed by atoms with van der Waals surface area (Å²) in [4.78, 5) is 0. The van der Waals surface area contributed by atoms with Gasteiger partial charge >= 0.3 is 0 Å². The molecule has 0 atom stereocenters. The Morgan fingerprint density at radius 1 is 1.22 bits per heavy atom. The maximum absolute atomic E-state index is 5.22. The first kappa shape index (κ1) is 9.14. The molecule has 0 unspecified atom stereocenters. The highest BCUT2D eigenvalue weighted by Gasteiger charge is 1.84. The predicted octanol–water partition coefficient (Wildman–Crippen LogP) is 0.100. The van der Waals surface area contributed by atoms with Crippen molar-refractivity contribution in [3.63, 3.8) is 0 Å². The van der Waals surface area contributed by atoms with Crippen LogP contribution >= 0.6 is 0 Å². The van der Waals surface area contributed by atoms with Crippen LogP contribution in [0, 0.1) is 0 Å². The third-order valence-corrected chi connectivity index (χ3v) is 1.39. The fourth-order valence-electron chi connectivity index (χ4n) is 0.552. The van der Waals surface area contributed by atoms with E-state index in [2.05, 4.69) is 6.92 Å². The van der Waals surface area contributed by atoms with Gasteiger partial charge in [0.2, 0.25) is 0 Å². The fraction of sp³-hybridized carbons (Fsp3) is 1.00. The summed E-state index contributed by atoms with van der Waals surface area (Å²) in [6.45, 7) is 4.73. The van der Waals surface area contributed by atoms with Crippen molar-refractivity contribution in [2.45, 2.75) is 19.8 Å². The molecule has 0 aromatic rings. The largest absolute Gasteiger partial charge is 0.428 e. The fourth-order valence-corrected chi connectivity index (χ4v) is 0.840. The van der Waals surface area contributed by atoms with Crippen LogP contribution in [0.2, 0.25) is 0 Å². The van der Waals surface area contributed by atoms with Crippen molar-refractivity contribution in [2.75, 3.05) is 19.8 Å². The molecule has 0 radical (unpaired) electrons. The van der Waals surface area contributed by atoms with Gasteiger partial charge in [-0.2, -0.15) is 0 Å². The first-order valence-electron chi connectivity index (χ1n) is 3.48. The van der Waals surface area contributed by atoms with E-state index in [1.54, 1.807) is 0 Å². The molecule has 0 rings (SSSR count). The van der Waals surface area contributed by atoms with Gasteiger partial charge in [-0.15, -0.1) is 0 Å². The lowest BCUT2D eigenvalue weighted by molar-refractivity contribution is 0.121. The van der Waals surface area contributed by atoms with Crippen LogP contribution < -0.4 is 0 Å². The van der Waals surface area contributed by atoms with Gasteiger partial charge in [-0.25, -0.2) is 0 Å². The van der Waals surface area contributed by atoms with Gasteiger partial charge < -0.3 is 9.16 Å². The molecule has 0 heterocycles. The molecule has 0 amide bonds. The van der Waals surface area contributed by atoms with E-state index >= 15 is 0 Å². The highest BCUT2D eigenvalue weighted by atomic mass is 28.2. The quantitative estimate of drug-likeness (QED) is 0.393. The lowest BCUT2D eigenvalue weighted by atomic mass is 10.5. The van der Waals surface area contributed by atoms with E-state index in [9.17, 15) is 0 Å². The van der Waals surface area contributed by atoms with E-state index in [0.29, 0.717) is 0 Å². The molecule has 2 nitrogen and oxygen atoms in total. The van der Waals surface area contributed by atoms with Crippen LogP contribution in [0.4, 0.5) is 0 Å². The third-order valence-electron chi connectivity index (χ3n) is 0.986. The summed E-state index contributed by atoms with van der Waals surface area (Å²) in [6.07, 6.45) is 2.16. The molecule has 0 aliphatic carbocycles. The van der Waals surface area contributed by atoms with E-state index in [1.165, 1.54) is 0 Å². The number of hydrogen-bond acceptors (Lipinski definition) is 2. The van der Waals surface area contributed by atoms with Crippen molar-refractivity contribution >= 4 is 10.5 Å². The van der Waals surface area contributed by atoms with Gasteiger partial charge in [0.05, 0.1) is 0 Å². The molecule has 0 saturated heterocycles. The topological polar surface area (TPSA) is 18.5 Å². The van der Waals surface area contributed by atoms with E-state index in [4.69, 9.17) is 9.16 Å². The second-order valence-electron chi connectivity index (χ2n) is 1.96. The average Bonchev–Trinajstić information content (AvgIpc) is 1.89. The molecule has 0 aliphatic heterocycles. The summed E-state index contributed by atoms with van der Waals surface area (Å²) in [7, 11) is 0.853. The van der Waals surface area contributed by atoms with Crippen molar-refractivity contribution in [3.05, 3.63) is 0 Å². The maximum atomic E-state index is 5.22. The molecule has 56 valence electrons. The monoisotopic (exact) mass is 148 g/mol. The van der Waals surface area contributed by atoms with Crippen LogP contribution in [0.15, 0.2) is 0 Å². The molecular weight excluding hydrogens is 132 g/mol. The zero-order chi connectivity index (χ0) is 6.95. The molecule has 3 heteroatoms. The van der Waals surface area contributed by atoms with Crippen LogP contribution in [-0.4, -0.2) is 30.3 Å². The summed E-state index contributed by atoms with van der Waals surface area (Å²) < 4.78 is 10.2. The van der Waals surface area contributed by atoms with E-state index < -0.39 is 0 Å². The van der Waals surface area contributed by atoms with Crippen molar-refractivity contribution in [1.82, 2.24) is 0 Å². The van der Waals surface area contributed by atoms with Gasteiger partial charge in [0.1, 0.15) is 10.5 Å². The molecule has 0 spiro atoms. The van der Waals surface area contributed by atoms with Gasteiger partial charge in [-0.05, 0) is 12.8 Å². The molecular formula is C6H16O2Si. The average molecular weight is 148 g/mol. The number of hydrogen-bond donors (Lipinski definition) is 0. The van der Waals surface area contributed by atoms with Crippen LogP contribution in [0.1, 0.15) is 19.8 Å². The molecule has 0 saturated carbocycles. The van der Waals surface area contributed by atoms with Crippen LogP contribution in [0.25, 0.3) is 0 Å². The van der Waals surface area contributed by atoms with Gasteiger partial charge in [0.25, 0.3) is 0 Å². The number of rotatable bonds is 6. The zero-order valence-electron chi connectivity index (χ0n) is 6.35. The van der Waals surface area contributed by atoms with Crippen LogP contribution in [-0.2, 0) is 9.16 Å². The minimum atomic E-state index is 0.853. The van der Waals surface area contributed by atoms with Crippen molar-refractivity contribution in [3.8, 4) is 0 Å². The maximum Gasteiger partial charge on any atom is 0.145 e. The van der Waals surface area contributed by atoms with E-state index in [1.807, 2.05) is 0 Å². The predicted molar refractivity (Wildman–Crippen MR) is 41.6 cm³/mol. The zero-order valence-corrected chi connectivity index (χ0v) is 8.35. The van der Waals surface area contributed by atoms with Crippen molar-refractivity contribution in [1.29, 1.82) is 0 Å². The van der Waals surface area contributed by atoms with Gasteiger partial charge in [-0.3, -0.25) is 0 Å². The van der Waals surface area contributed by atoms with Crippen molar-refractivity contribution in [2.24, 2.45) is 0 Å². The van der Waals surface area contributed by atoms with E-state index in [0.717, 1.165) is 43.1 Å². The number of ether oxygens (including phenoxy) is 1. The Labute approximate surface area is 60.1 Å². The summed E-state index contributed by atoms with van der Waals surface area (Å²) in [5.41, 5.74) is 0. The molecule has 0 fully saturated rings. The first-order valence-corrected chi connectivity index (χ1v) is 4.30. The smallest absolute Gasteiger partial charge is 0.145 e. The molecule has 0 aromatic heterocycles. The second-order valence-corrected chi connectivity index (χ2v) is 2.54. The third kappa shape index (κ3) is 8.14. The Kier molecular flexibility index (Phi) is 8.26. The minimum Gasteiger partial charge on any atom is -0.428 e. The van der Waals surface area contributed by atoms with Crippen LogP contribution in [0.3, 0.4) is 0 Å². The van der Waals surface area contributed by atoms with Crippen LogP contribution in [0.5, 0.6) is 0 Å². The van der Waals surface area contributed by atoms with Crippen molar-refractivity contribution < 1.29 is 9.16 Å². The first-order chi connectivity index (χ1) is 4.41. The standard InChI is InChI=1S/C6H16O2Si/c1-2-4-7-5-3-6-8-9/h2-6H2,1,9H3. The Hall–Kier alpha value is 0.137. The Bertz CT molecular complexity index is 44.3. The Balaban J connectivity index is 2.60. The second kappa shape index (κ2) is 8.14. The molecule has 0 aliphatic rings. The Morgan fingerprint density at radius 2 is 2.00 bits per heavy atom.